The van der Waals surface area contributed by atoms with Crippen molar-refractivity contribution in [3.05, 3.63) is 50.7 Å². The van der Waals surface area contributed by atoms with E-state index >= 15 is 0 Å². The number of fused-ring (bicyclic) bond motifs is 1. The van der Waals surface area contributed by atoms with E-state index < -0.39 is 11.2 Å². The van der Waals surface area contributed by atoms with Crippen molar-refractivity contribution in [3.8, 4) is 6.07 Å². The molecule has 0 unspecified atom stereocenters. The summed E-state index contributed by atoms with van der Waals surface area (Å²) >= 11 is 1.16. The first-order valence-electron chi connectivity index (χ1n) is 7.32. The molecule has 0 fully saturated rings. The molecule has 2 heterocycles. The molecule has 0 bridgehead atoms. The lowest BCUT2D eigenvalue weighted by atomic mass is 10.3. The fourth-order valence-corrected chi connectivity index (χ4v) is 3.67. The third-order valence-corrected chi connectivity index (χ3v) is 5.01. The zero-order chi connectivity index (χ0) is 17.4. The van der Waals surface area contributed by atoms with Gasteiger partial charge in [-0.1, -0.05) is 12.1 Å². The Kier molecular flexibility index (Phi) is 4.03. The highest BCUT2D eigenvalue weighted by molar-refractivity contribution is 7.99. The summed E-state index contributed by atoms with van der Waals surface area (Å²) in [6.07, 6.45) is 0. The molecule has 0 atom stereocenters. The zero-order valence-corrected chi connectivity index (χ0v) is 14.3. The van der Waals surface area contributed by atoms with Crippen LogP contribution < -0.4 is 11.2 Å². The largest absolute Gasteiger partial charge is 0.331 e. The van der Waals surface area contributed by atoms with Gasteiger partial charge in [0.25, 0.3) is 5.56 Å². The van der Waals surface area contributed by atoms with Crippen molar-refractivity contribution in [1.29, 1.82) is 5.26 Å². The highest BCUT2D eigenvalue weighted by Gasteiger charge is 2.19. The SMILES string of the molecule is CCn1c(Sc2c(C#N)c(=O)n(C)c(=O)n2C)nc2ccccc21. The van der Waals surface area contributed by atoms with E-state index in [1.54, 1.807) is 7.05 Å². The Balaban J connectivity index is 2.25. The lowest BCUT2D eigenvalue weighted by Crippen LogP contribution is -2.39. The molecule has 0 saturated heterocycles. The molecule has 3 rings (SSSR count). The van der Waals surface area contributed by atoms with E-state index in [9.17, 15) is 14.9 Å². The van der Waals surface area contributed by atoms with Gasteiger partial charge in [-0.05, 0) is 30.8 Å². The maximum Gasteiger partial charge on any atom is 0.331 e. The van der Waals surface area contributed by atoms with Crippen molar-refractivity contribution in [2.45, 2.75) is 23.7 Å². The summed E-state index contributed by atoms with van der Waals surface area (Å²) in [6, 6.07) is 9.61. The number of nitrogens with zero attached hydrogens (tertiary/aromatic N) is 5. The first-order chi connectivity index (χ1) is 11.5. The normalized spacial score (nSPS) is 10.9. The molecule has 0 saturated carbocycles. The summed E-state index contributed by atoms with van der Waals surface area (Å²) in [4.78, 5) is 28.9. The summed E-state index contributed by atoms with van der Waals surface area (Å²) in [5.74, 6) is 0. The zero-order valence-electron chi connectivity index (χ0n) is 13.5. The molecule has 8 heteroatoms. The Morgan fingerprint density at radius 3 is 2.58 bits per heavy atom. The van der Waals surface area contributed by atoms with E-state index in [0.717, 1.165) is 27.4 Å². The van der Waals surface area contributed by atoms with Crippen LogP contribution >= 0.6 is 11.8 Å². The van der Waals surface area contributed by atoms with Gasteiger partial charge < -0.3 is 4.57 Å². The smallest absolute Gasteiger partial charge is 0.319 e. The summed E-state index contributed by atoms with van der Waals surface area (Å²) in [6.45, 7) is 2.68. The van der Waals surface area contributed by atoms with Crippen LogP contribution in [0.15, 0.2) is 44.0 Å². The fourth-order valence-electron chi connectivity index (χ4n) is 2.56. The molecule has 0 N–H and O–H groups in total. The quantitative estimate of drug-likeness (QED) is 0.674. The predicted octanol–water partition coefficient (Wildman–Crippen LogP) is 1.48. The first-order valence-corrected chi connectivity index (χ1v) is 8.14. The minimum Gasteiger partial charge on any atom is -0.319 e. The number of hydrogen-bond donors (Lipinski definition) is 0. The average molecular weight is 341 g/mol. The topological polar surface area (TPSA) is 85.6 Å². The van der Waals surface area contributed by atoms with Crippen LogP contribution in [0.25, 0.3) is 11.0 Å². The number of benzene rings is 1. The fraction of sp³-hybridized carbons (Fsp3) is 0.250. The Morgan fingerprint density at radius 2 is 1.92 bits per heavy atom. The average Bonchev–Trinajstić information content (AvgIpc) is 2.95. The monoisotopic (exact) mass is 341 g/mol. The Labute approximate surface area is 141 Å². The molecule has 24 heavy (non-hydrogen) atoms. The van der Waals surface area contributed by atoms with E-state index in [-0.39, 0.29) is 5.56 Å². The molecule has 3 aromatic rings. The number of para-hydroxylation sites is 2. The highest BCUT2D eigenvalue weighted by Crippen LogP contribution is 2.30. The Bertz CT molecular complexity index is 1100. The number of rotatable bonds is 3. The summed E-state index contributed by atoms with van der Waals surface area (Å²) in [7, 11) is 2.91. The lowest BCUT2D eigenvalue weighted by Gasteiger charge is -2.11. The van der Waals surface area contributed by atoms with Gasteiger partial charge in [-0.15, -0.1) is 0 Å². The van der Waals surface area contributed by atoms with Gasteiger partial charge >= 0.3 is 5.69 Å². The second-order valence-electron chi connectivity index (χ2n) is 5.23. The van der Waals surface area contributed by atoms with Crippen LogP contribution in [0.1, 0.15) is 12.5 Å². The minimum atomic E-state index is -0.595. The molecule has 7 nitrogen and oxygen atoms in total. The lowest BCUT2D eigenvalue weighted by molar-refractivity contribution is 0.627. The second kappa shape index (κ2) is 6.02. The molecule has 0 aliphatic heterocycles. The van der Waals surface area contributed by atoms with Gasteiger partial charge in [0.2, 0.25) is 0 Å². The molecule has 0 amide bonds. The summed E-state index contributed by atoms with van der Waals surface area (Å²) in [5.41, 5.74) is 0.672. The summed E-state index contributed by atoms with van der Waals surface area (Å²) < 4.78 is 4.23. The van der Waals surface area contributed by atoms with Crippen molar-refractivity contribution >= 4 is 22.8 Å². The van der Waals surface area contributed by atoms with Crippen LogP contribution in [0.2, 0.25) is 0 Å². The van der Waals surface area contributed by atoms with Gasteiger partial charge in [0.1, 0.15) is 16.7 Å². The second-order valence-corrected chi connectivity index (χ2v) is 6.18. The predicted molar refractivity (Wildman–Crippen MR) is 91.2 cm³/mol. The molecule has 0 aliphatic rings. The molecule has 0 radical (unpaired) electrons. The van der Waals surface area contributed by atoms with Gasteiger partial charge in [-0.2, -0.15) is 5.26 Å². The molecule has 2 aromatic heterocycles. The van der Waals surface area contributed by atoms with E-state index in [1.165, 1.54) is 11.6 Å². The third kappa shape index (κ3) is 2.34. The van der Waals surface area contributed by atoms with E-state index in [1.807, 2.05) is 41.8 Å². The van der Waals surface area contributed by atoms with Gasteiger partial charge in [-0.3, -0.25) is 13.9 Å². The number of aromatic nitrogens is 4. The van der Waals surface area contributed by atoms with Gasteiger partial charge in [0.15, 0.2) is 5.16 Å². The molecular formula is C16H15N5O2S. The van der Waals surface area contributed by atoms with E-state index in [2.05, 4.69) is 4.98 Å². The number of hydrogen-bond acceptors (Lipinski definition) is 5. The maximum atomic E-state index is 12.2. The highest BCUT2D eigenvalue weighted by atomic mass is 32.2. The van der Waals surface area contributed by atoms with Crippen LogP contribution in [-0.4, -0.2) is 18.7 Å². The molecular weight excluding hydrogens is 326 g/mol. The van der Waals surface area contributed by atoms with E-state index in [0.29, 0.717) is 16.7 Å². The van der Waals surface area contributed by atoms with Gasteiger partial charge in [0.05, 0.1) is 11.0 Å². The van der Waals surface area contributed by atoms with Crippen LogP contribution in [0, 0.1) is 11.3 Å². The van der Waals surface area contributed by atoms with Gasteiger partial charge in [0, 0.05) is 20.6 Å². The van der Waals surface area contributed by atoms with Crippen molar-refractivity contribution in [1.82, 2.24) is 18.7 Å². The Morgan fingerprint density at radius 1 is 1.21 bits per heavy atom. The van der Waals surface area contributed by atoms with Crippen molar-refractivity contribution < 1.29 is 0 Å². The third-order valence-electron chi connectivity index (χ3n) is 3.85. The van der Waals surface area contributed by atoms with Crippen LogP contribution in [0.3, 0.4) is 0 Å². The van der Waals surface area contributed by atoms with E-state index in [4.69, 9.17) is 0 Å². The van der Waals surface area contributed by atoms with Crippen LogP contribution in [-0.2, 0) is 20.6 Å². The number of nitriles is 1. The van der Waals surface area contributed by atoms with Crippen molar-refractivity contribution in [3.63, 3.8) is 0 Å². The van der Waals surface area contributed by atoms with Gasteiger partial charge in [-0.25, -0.2) is 9.78 Å². The van der Waals surface area contributed by atoms with Crippen LogP contribution in [0.5, 0.6) is 0 Å². The molecule has 122 valence electrons. The minimum absolute atomic E-state index is 0.0562. The number of aryl methyl sites for hydroxylation is 1. The van der Waals surface area contributed by atoms with Crippen LogP contribution in [0.4, 0.5) is 0 Å². The number of imidazole rings is 1. The Hall–Kier alpha value is -2.79. The molecule has 1 aromatic carbocycles. The molecule has 0 spiro atoms. The molecule has 0 aliphatic carbocycles. The van der Waals surface area contributed by atoms with Crippen molar-refractivity contribution in [2.24, 2.45) is 14.1 Å². The summed E-state index contributed by atoms with van der Waals surface area (Å²) in [5, 5.41) is 10.3. The first kappa shape index (κ1) is 16.1. The standard InChI is InChI=1S/C16H15N5O2S/c1-4-21-12-8-6-5-7-11(12)18-15(21)24-14-10(9-17)13(22)19(2)16(23)20(14)3/h5-8H,4H2,1-3H3. The maximum absolute atomic E-state index is 12.2. The van der Waals surface area contributed by atoms with Crippen molar-refractivity contribution in [2.75, 3.05) is 0 Å².